The highest BCUT2D eigenvalue weighted by atomic mass is 16.4. The standard InChI is InChI=1S/C14H11N3O2/c1-9-2-4-10(5-3-9)11-6-12(14(18)19)8-13(7-11)16-17-15/h2-8H,1H3,(H,18,19). The quantitative estimate of drug-likeness (QED) is 0.502. The lowest BCUT2D eigenvalue weighted by atomic mass is 10.0. The van der Waals surface area contributed by atoms with Crippen LogP contribution >= 0.6 is 0 Å². The molecular weight excluding hydrogens is 242 g/mol. The van der Waals surface area contributed by atoms with E-state index in [0.717, 1.165) is 11.1 Å². The molecule has 0 fully saturated rings. The molecule has 0 unspecified atom stereocenters. The molecule has 0 atom stereocenters. The van der Waals surface area contributed by atoms with Gasteiger partial charge in [-0.1, -0.05) is 34.9 Å². The molecule has 2 rings (SSSR count). The van der Waals surface area contributed by atoms with Gasteiger partial charge in [-0.15, -0.1) is 0 Å². The van der Waals surface area contributed by atoms with Crippen molar-refractivity contribution in [2.75, 3.05) is 0 Å². The summed E-state index contributed by atoms with van der Waals surface area (Å²) in [4.78, 5) is 13.7. The first-order chi connectivity index (χ1) is 9.10. The zero-order valence-corrected chi connectivity index (χ0v) is 10.2. The Labute approximate surface area is 109 Å². The Morgan fingerprint density at radius 2 is 1.84 bits per heavy atom. The summed E-state index contributed by atoms with van der Waals surface area (Å²) in [6, 6.07) is 12.2. The maximum atomic E-state index is 11.1. The van der Waals surface area contributed by atoms with Gasteiger partial charge in [-0.25, -0.2) is 4.79 Å². The summed E-state index contributed by atoms with van der Waals surface area (Å²) in [6.45, 7) is 1.98. The fourth-order valence-electron chi connectivity index (χ4n) is 1.76. The van der Waals surface area contributed by atoms with Crippen molar-refractivity contribution >= 4 is 11.7 Å². The molecular formula is C14H11N3O2. The smallest absolute Gasteiger partial charge is 0.335 e. The predicted octanol–water partition coefficient (Wildman–Crippen LogP) is 4.30. The third kappa shape index (κ3) is 2.91. The molecule has 0 saturated heterocycles. The number of carboxylic acids is 1. The van der Waals surface area contributed by atoms with E-state index >= 15 is 0 Å². The highest BCUT2D eigenvalue weighted by Gasteiger charge is 2.07. The Balaban J connectivity index is 2.58. The second-order valence-electron chi connectivity index (χ2n) is 4.13. The third-order valence-electron chi connectivity index (χ3n) is 2.71. The van der Waals surface area contributed by atoms with Gasteiger partial charge in [0, 0.05) is 10.6 Å². The molecule has 0 radical (unpaired) electrons. The molecule has 2 aromatic rings. The first kappa shape index (κ1) is 12.7. The van der Waals surface area contributed by atoms with Crippen molar-refractivity contribution in [2.45, 2.75) is 6.92 Å². The summed E-state index contributed by atoms with van der Waals surface area (Å²) in [6.07, 6.45) is 0. The second-order valence-corrected chi connectivity index (χ2v) is 4.13. The van der Waals surface area contributed by atoms with Crippen LogP contribution in [0.3, 0.4) is 0 Å². The number of benzene rings is 2. The van der Waals surface area contributed by atoms with Gasteiger partial charge in [0.05, 0.1) is 5.56 Å². The van der Waals surface area contributed by atoms with Gasteiger partial charge in [-0.2, -0.15) is 0 Å². The summed E-state index contributed by atoms with van der Waals surface area (Å²) < 4.78 is 0. The van der Waals surface area contributed by atoms with E-state index in [1.54, 1.807) is 12.1 Å². The number of carbonyl (C=O) groups is 1. The van der Waals surface area contributed by atoms with Crippen molar-refractivity contribution in [1.82, 2.24) is 0 Å². The molecule has 5 nitrogen and oxygen atoms in total. The van der Waals surface area contributed by atoms with Gasteiger partial charge in [-0.05, 0) is 41.8 Å². The SMILES string of the molecule is Cc1ccc(-c2cc(N=[N+]=[N-])cc(C(=O)O)c2)cc1. The van der Waals surface area contributed by atoms with Gasteiger partial charge in [0.15, 0.2) is 0 Å². The molecule has 0 aliphatic heterocycles. The lowest BCUT2D eigenvalue weighted by molar-refractivity contribution is 0.0697. The van der Waals surface area contributed by atoms with E-state index in [0.29, 0.717) is 5.56 Å². The maximum Gasteiger partial charge on any atom is 0.335 e. The van der Waals surface area contributed by atoms with Crippen LogP contribution in [0, 0.1) is 6.92 Å². The molecule has 0 saturated carbocycles. The van der Waals surface area contributed by atoms with Gasteiger partial charge in [-0.3, -0.25) is 0 Å². The van der Waals surface area contributed by atoms with Gasteiger partial charge in [0.25, 0.3) is 0 Å². The van der Waals surface area contributed by atoms with Crippen molar-refractivity contribution < 1.29 is 9.90 Å². The first-order valence-electron chi connectivity index (χ1n) is 5.60. The van der Waals surface area contributed by atoms with E-state index in [1.165, 1.54) is 6.07 Å². The molecule has 1 N–H and O–H groups in total. The molecule has 94 valence electrons. The van der Waals surface area contributed by atoms with E-state index in [2.05, 4.69) is 10.0 Å². The van der Waals surface area contributed by atoms with Crippen molar-refractivity contribution in [2.24, 2.45) is 5.11 Å². The summed E-state index contributed by atoms with van der Waals surface area (Å²) in [5, 5.41) is 12.5. The fraction of sp³-hybridized carbons (Fsp3) is 0.0714. The number of nitrogens with zero attached hydrogens (tertiary/aromatic N) is 3. The monoisotopic (exact) mass is 253 g/mol. The van der Waals surface area contributed by atoms with Crippen LogP contribution < -0.4 is 0 Å². The average Bonchev–Trinajstić information content (AvgIpc) is 2.39. The van der Waals surface area contributed by atoms with Gasteiger partial charge >= 0.3 is 5.97 Å². The predicted molar refractivity (Wildman–Crippen MR) is 72.4 cm³/mol. The Kier molecular flexibility index (Phi) is 3.50. The Morgan fingerprint density at radius 1 is 1.16 bits per heavy atom. The molecule has 0 aliphatic carbocycles. The Bertz CT molecular complexity index is 651. The first-order valence-corrected chi connectivity index (χ1v) is 5.60. The number of aryl methyl sites for hydroxylation is 1. The zero-order valence-electron chi connectivity index (χ0n) is 10.2. The van der Waals surface area contributed by atoms with E-state index in [-0.39, 0.29) is 11.3 Å². The molecule has 0 aliphatic rings. The van der Waals surface area contributed by atoms with E-state index in [9.17, 15) is 4.79 Å². The molecule has 5 heteroatoms. The van der Waals surface area contributed by atoms with Crippen molar-refractivity contribution in [3.05, 3.63) is 64.0 Å². The fourth-order valence-corrected chi connectivity index (χ4v) is 1.76. The van der Waals surface area contributed by atoms with E-state index in [4.69, 9.17) is 10.6 Å². The lowest BCUT2D eigenvalue weighted by Crippen LogP contribution is -1.96. The number of hydrogen-bond donors (Lipinski definition) is 1. The lowest BCUT2D eigenvalue weighted by Gasteiger charge is -2.05. The molecule has 0 spiro atoms. The maximum absolute atomic E-state index is 11.1. The van der Waals surface area contributed by atoms with Crippen LogP contribution in [0.25, 0.3) is 21.6 Å². The summed E-state index contributed by atoms with van der Waals surface area (Å²) in [5.74, 6) is -1.05. The largest absolute Gasteiger partial charge is 0.478 e. The highest BCUT2D eigenvalue weighted by Crippen LogP contribution is 2.27. The molecule has 0 amide bonds. The van der Waals surface area contributed by atoms with Crippen LogP contribution in [0.2, 0.25) is 0 Å². The zero-order chi connectivity index (χ0) is 13.8. The normalized spacial score (nSPS) is 9.74. The van der Waals surface area contributed by atoms with Crippen LogP contribution in [0.15, 0.2) is 47.6 Å². The van der Waals surface area contributed by atoms with E-state index < -0.39 is 5.97 Å². The third-order valence-corrected chi connectivity index (χ3v) is 2.71. The van der Waals surface area contributed by atoms with Crippen molar-refractivity contribution in [3.63, 3.8) is 0 Å². The minimum absolute atomic E-state index is 0.0977. The number of hydrogen-bond acceptors (Lipinski definition) is 2. The van der Waals surface area contributed by atoms with Crippen LogP contribution in [-0.4, -0.2) is 11.1 Å². The van der Waals surface area contributed by atoms with Crippen LogP contribution in [0.4, 0.5) is 5.69 Å². The molecule has 0 bridgehead atoms. The number of carboxylic acid groups (broad SMARTS) is 1. The molecule has 0 aromatic heterocycles. The van der Waals surface area contributed by atoms with Crippen LogP contribution in [-0.2, 0) is 0 Å². The summed E-state index contributed by atoms with van der Waals surface area (Å²) >= 11 is 0. The molecule has 2 aromatic carbocycles. The average molecular weight is 253 g/mol. The Hall–Kier alpha value is -2.78. The summed E-state index contributed by atoms with van der Waals surface area (Å²) in [7, 11) is 0. The molecule has 19 heavy (non-hydrogen) atoms. The second kappa shape index (κ2) is 5.25. The highest BCUT2D eigenvalue weighted by molar-refractivity contribution is 5.91. The Morgan fingerprint density at radius 3 is 2.42 bits per heavy atom. The minimum atomic E-state index is -1.05. The number of aromatic carboxylic acids is 1. The van der Waals surface area contributed by atoms with Crippen LogP contribution in [0.1, 0.15) is 15.9 Å². The number of rotatable bonds is 3. The minimum Gasteiger partial charge on any atom is -0.478 e. The van der Waals surface area contributed by atoms with Gasteiger partial charge < -0.3 is 5.11 Å². The van der Waals surface area contributed by atoms with Crippen molar-refractivity contribution in [1.29, 1.82) is 0 Å². The van der Waals surface area contributed by atoms with Gasteiger partial charge in [0.1, 0.15) is 0 Å². The summed E-state index contributed by atoms with van der Waals surface area (Å²) in [5.41, 5.74) is 11.6. The van der Waals surface area contributed by atoms with Crippen molar-refractivity contribution in [3.8, 4) is 11.1 Å². The topological polar surface area (TPSA) is 86.1 Å². The number of azide groups is 1. The van der Waals surface area contributed by atoms with Gasteiger partial charge in [0.2, 0.25) is 0 Å². The van der Waals surface area contributed by atoms with Crippen LogP contribution in [0.5, 0.6) is 0 Å². The van der Waals surface area contributed by atoms with E-state index in [1.807, 2.05) is 31.2 Å². The molecule has 0 heterocycles.